The molecule has 1 spiro atoms. The van der Waals surface area contributed by atoms with E-state index in [4.69, 9.17) is 4.74 Å². The van der Waals surface area contributed by atoms with Gasteiger partial charge in [-0.3, -0.25) is 9.59 Å². The van der Waals surface area contributed by atoms with Crippen molar-refractivity contribution in [3.8, 4) is 0 Å². The molecule has 1 heterocycles. The number of rotatable bonds is 2. The maximum atomic E-state index is 12.3. The molecule has 0 radical (unpaired) electrons. The Kier molecular flexibility index (Phi) is 2.62. The van der Waals surface area contributed by atoms with E-state index in [1.165, 1.54) is 25.7 Å². The van der Waals surface area contributed by atoms with E-state index in [2.05, 4.69) is 13.8 Å². The summed E-state index contributed by atoms with van der Waals surface area (Å²) in [4.78, 5) is 23.9. The van der Waals surface area contributed by atoms with E-state index in [1.807, 2.05) is 0 Å². The minimum Gasteiger partial charge on any atom is -0.393 e. The SMILES string of the molecule is CCC1CC(CC)C2C1C1CC2C2(CC(=O)OC2=O)C1. The smallest absolute Gasteiger partial charge is 0.320 e. The summed E-state index contributed by atoms with van der Waals surface area (Å²) in [5.41, 5.74) is -0.418. The Balaban J connectivity index is 1.70. The van der Waals surface area contributed by atoms with Crippen LogP contribution in [0, 0.1) is 40.9 Å². The summed E-state index contributed by atoms with van der Waals surface area (Å²) >= 11 is 0. The first-order chi connectivity index (χ1) is 9.60. The van der Waals surface area contributed by atoms with Crippen LogP contribution in [-0.4, -0.2) is 11.9 Å². The molecule has 1 saturated heterocycles. The van der Waals surface area contributed by atoms with Gasteiger partial charge >= 0.3 is 11.9 Å². The van der Waals surface area contributed by atoms with Crippen LogP contribution in [0.25, 0.3) is 0 Å². The summed E-state index contributed by atoms with van der Waals surface area (Å²) in [5, 5.41) is 0. The standard InChI is InChI=1S/C17H24O3/c1-3-9-5-10(4-2)15-12-6-11(14(9)15)7-17(12)8-13(18)20-16(17)19/h9-12,14-15H,3-8H2,1-2H3. The van der Waals surface area contributed by atoms with Gasteiger partial charge in [-0.15, -0.1) is 0 Å². The van der Waals surface area contributed by atoms with Crippen LogP contribution in [0.3, 0.4) is 0 Å². The lowest BCUT2D eigenvalue weighted by atomic mass is 9.62. The summed E-state index contributed by atoms with van der Waals surface area (Å²) in [5.74, 6) is 3.75. The average molecular weight is 276 g/mol. The molecule has 3 aliphatic carbocycles. The summed E-state index contributed by atoms with van der Waals surface area (Å²) in [6.07, 6.45) is 6.30. The van der Waals surface area contributed by atoms with E-state index in [-0.39, 0.29) is 11.9 Å². The number of hydrogen-bond donors (Lipinski definition) is 0. The van der Waals surface area contributed by atoms with Crippen LogP contribution < -0.4 is 0 Å². The van der Waals surface area contributed by atoms with Crippen molar-refractivity contribution in [1.29, 1.82) is 0 Å². The maximum Gasteiger partial charge on any atom is 0.320 e. The predicted molar refractivity (Wildman–Crippen MR) is 73.5 cm³/mol. The highest BCUT2D eigenvalue weighted by molar-refractivity contribution is 5.98. The second-order valence-electron chi connectivity index (χ2n) is 7.63. The Morgan fingerprint density at radius 2 is 1.80 bits per heavy atom. The van der Waals surface area contributed by atoms with Crippen molar-refractivity contribution in [3.05, 3.63) is 0 Å². The van der Waals surface area contributed by atoms with Crippen molar-refractivity contribution in [2.45, 2.75) is 52.4 Å². The van der Waals surface area contributed by atoms with Gasteiger partial charge in [0.15, 0.2) is 0 Å². The van der Waals surface area contributed by atoms with E-state index < -0.39 is 5.41 Å². The second-order valence-corrected chi connectivity index (χ2v) is 7.63. The van der Waals surface area contributed by atoms with Crippen LogP contribution in [0.1, 0.15) is 52.4 Å². The Morgan fingerprint density at radius 1 is 1.10 bits per heavy atom. The molecule has 4 rings (SSSR count). The van der Waals surface area contributed by atoms with Gasteiger partial charge in [0.2, 0.25) is 0 Å². The zero-order valence-corrected chi connectivity index (χ0v) is 12.4. The van der Waals surface area contributed by atoms with Crippen molar-refractivity contribution >= 4 is 11.9 Å². The van der Waals surface area contributed by atoms with Gasteiger partial charge in [-0.1, -0.05) is 26.7 Å². The molecule has 110 valence electrons. The largest absolute Gasteiger partial charge is 0.393 e. The van der Waals surface area contributed by atoms with Crippen LogP contribution in [0.4, 0.5) is 0 Å². The fraction of sp³-hybridized carbons (Fsp3) is 0.882. The molecule has 0 aromatic rings. The van der Waals surface area contributed by atoms with E-state index in [1.54, 1.807) is 0 Å². The molecule has 0 aromatic carbocycles. The summed E-state index contributed by atoms with van der Waals surface area (Å²) in [6.45, 7) is 4.60. The van der Waals surface area contributed by atoms with Crippen LogP contribution in [-0.2, 0) is 14.3 Å². The van der Waals surface area contributed by atoms with Gasteiger partial charge in [0.25, 0.3) is 0 Å². The number of carbonyl (C=O) groups excluding carboxylic acids is 2. The van der Waals surface area contributed by atoms with E-state index in [0.717, 1.165) is 24.2 Å². The third-order valence-electron chi connectivity index (χ3n) is 7.16. The van der Waals surface area contributed by atoms with Gasteiger partial charge in [-0.05, 0) is 54.8 Å². The first-order valence-corrected chi connectivity index (χ1v) is 8.35. The van der Waals surface area contributed by atoms with E-state index >= 15 is 0 Å². The van der Waals surface area contributed by atoms with Crippen molar-refractivity contribution < 1.29 is 14.3 Å². The van der Waals surface area contributed by atoms with Gasteiger partial charge in [0.1, 0.15) is 0 Å². The van der Waals surface area contributed by atoms with Crippen LogP contribution in [0.5, 0.6) is 0 Å². The monoisotopic (exact) mass is 276 g/mol. The normalized spacial score (nSPS) is 52.9. The summed E-state index contributed by atoms with van der Waals surface area (Å²) < 4.78 is 4.94. The van der Waals surface area contributed by atoms with Crippen molar-refractivity contribution in [2.75, 3.05) is 0 Å². The van der Waals surface area contributed by atoms with Crippen LogP contribution in [0.15, 0.2) is 0 Å². The van der Waals surface area contributed by atoms with Gasteiger partial charge in [-0.2, -0.15) is 0 Å². The Hall–Kier alpha value is -0.860. The molecule has 0 aromatic heterocycles. The highest BCUT2D eigenvalue weighted by Crippen LogP contribution is 2.71. The number of esters is 2. The highest BCUT2D eigenvalue weighted by Gasteiger charge is 2.70. The molecule has 20 heavy (non-hydrogen) atoms. The van der Waals surface area contributed by atoms with Gasteiger partial charge in [0, 0.05) is 0 Å². The predicted octanol–water partition coefficient (Wildman–Crippen LogP) is 3.17. The molecule has 2 bridgehead atoms. The Morgan fingerprint density at radius 3 is 2.40 bits per heavy atom. The molecule has 1 aliphatic heterocycles. The minimum atomic E-state index is -0.418. The first-order valence-electron chi connectivity index (χ1n) is 8.35. The molecule has 4 fully saturated rings. The van der Waals surface area contributed by atoms with E-state index in [9.17, 15) is 9.59 Å². The topological polar surface area (TPSA) is 43.4 Å². The van der Waals surface area contributed by atoms with Crippen molar-refractivity contribution in [3.63, 3.8) is 0 Å². The van der Waals surface area contributed by atoms with Crippen LogP contribution >= 0.6 is 0 Å². The number of carbonyl (C=O) groups is 2. The van der Waals surface area contributed by atoms with Crippen LogP contribution in [0.2, 0.25) is 0 Å². The lowest BCUT2D eigenvalue weighted by molar-refractivity contribution is -0.157. The quantitative estimate of drug-likeness (QED) is 0.574. The summed E-state index contributed by atoms with van der Waals surface area (Å²) in [6, 6.07) is 0. The third-order valence-corrected chi connectivity index (χ3v) is 7.16. The van der Waals surface area contributed by atoms with Gasteiger partial charge in [0.05, 0.1) is 11.8 Å². The molecular weight excluding hydrogens is 252 g/mol. The van der Waals surface area contributed by atoms with Gasteiger partial charge in [-0.25, -0.2) is 0 Å². The number of hydrogen-bond acceptors (Lipinski definition) is 3. The molecule has 0 amide bonds. The average Bonchev–Trinajstić information content (AvgIpc) is 3.10. The minimum absolute atomic E-state index is 0.191. The van der Waals surface area contributed by atoms with Gasteiger partial charge < -0.3 is 4.74 Å². The Labute approximate surface area is 120 Å². The lowest BCUT2D eigenvalue weighted by Gasteiger charge is -2.39. The molecule has 7 unspecified atom stereocenters. The number of ether oxygens (including phenoxy) is 1. The molecule has 3 nitrogen and oxygen atoms in total. The zero-order valence-electron chi connectivity index (χ0n) is 12.4. The zero-order chi connectivity index (χ0) is 14.1. The molecular formula is C17H24O3. The molecule has 7 atom stereocenters. The number of fused-ring (bicyclic) bond motifs is 6. The fourth-order valence-corrected chi connectivity index (χ4v) is 6.59. The molecule has 4 aliphatic rings. The second kappa shape index (κ2) is 4.08. The molecule has 3 saturated carbocycles. The Bertz CT molecular complexity index is 471. The fourth-order valence-electron chi connectivity index (χ4n) is 6.59. The highest BCUT2D eigenvalue weighted by atomic mass is 16.6. The van der Waals surface area contributed by atoms with Crippen molar-refractivity contribution in [2.24, 2.45) is 40.9 Å². The molecule has 3 heteroatoms. The third kappa shape index (κ3) is 1.37. The van der Waals surface area contributed by atoms with E-state index in [0.29, 0.717) is 24.2 Å². The summed E-state index contributed by atoms with van der Waals surface area (Å²) in [7, 11) is 0. The maximum absolute atomic E-state index is 12.3. The molecule has 0 N–H and O–H groups in total. The van der Waals surface area contributed by atoms with Crippen molar-refractivity contribution in [1.82, 2.24) is 0 Å². The first kappa shape index (κ1) is 12.8. The lowest BCUT2D eigenvalue weighted by Crippen LogP contribution is -2.41. The number of cyclic esters (lactones) is 2.